The predicted molar refractivity (Wildman–Crippen MR) is 255 cm³/mol. The molecule has 68 heavy (non-hydrogen) atoms. The number of benzene rings is 2. The zero-order valence-electron chi connectivity index (χ0n) is 41.4. The van der Waals surface area contributed by atoms with Gasteiger partial charge < -0.3 is 50.1 Å². The van der Waals surface area contributed by atoms with Crippen LogP contribution in [0.1, 0.15) is 90.9 Å². The number of aliphatic hydroxyl groups excluding tert-OH is 1. The van der Waals surface area contributed by atoms with Gasteiger partial charge in [-0.15, -0.1) is 5.10 Å². The van der Waals surface area contributed by atoms with E-state index in [0.717, 1.165) is 5.56 Å². The highest BCUT2D eigenvalue weighted by Crippen LogP contribution is 2.40. The Kier molecular flexibility index (Phi) is 17.4. The molecule has 3 aliphatic heterocycles. The average Bonchev–Trinajstić information content (AvgIpc) is 3.90. The maximum Gasteiger partial charge on any atom is 0.410 e. The molecule has 1 aromatic heterocycles. The van der Waals surface area contributed by atoms with Crippen molar-refractivity contribution in [3.63, 3.8) is 0 Å². The first-order chi connectivity index (χ1) is 32.3. The number of rotatable bonds is 14. The van der Waals surface area contributed by atoms with E-state index in [1.807, 2.05) is 83.2 Å². The summed E-state index contributed by atoms with van der Waals surface area (Å²) in [4.78, 5) is 59.4. The largest absolute Gasteiger partial charge is 0.458 e. The van der Waals surface area contributed by atoms with Gasteiger partial charge in [0.05, 0.1) is 30.0 Å². The molecular weight excluding hydrogens is 873 g/mol. The van der Waals surface area contributed by atoms with Gasteiger partial charge in [-0.1, -0.05) is 56.3 Å². The number of aliphatic hydroxyl groups is 1. The number of Topliss-reactive ketones (excluding diaryl/α,β-unsaturated/α-hetero) is 1. The smallest absolute Gasteiger partial charge is 0.410 e. The summed E-state index contributed by atoms with van der Waals surface area (Å²) < 4.78 is 33.8. The summed E-state index contributed by atoms with van der Waals surface area (Å²) in [5.74, 6) is -3.75. The number of cyclic esters (lactones) is 1. The maximum atomic E-state index is 14.6. The van der Waals surface area contributed by atoms with Crippen molar-refractivity contribution < 1.29 is 48.0 Å². The van der Waals surface area contributed by atoms with Crippen molar-refractivity contribution >= 4 is 29.4 Å². The number of aromatic nitrogens is 3. The molecule has 0 radical (unpaired) electrons. The minimum absolute atomic E-state index is 0.0801. The van der Waals surface area contributed by atoms with Crippen LogP contribution >= 0.6 is 0 Å². The number of unbranched alkanes of at least 4 members (excludes halogenated alkanes) is 1. The number of carbonyl (C=O) groups excluding carboxylic acids is 4. The predicted octanol–water partition coefficient (Wildman–Crippen LogP) is 4.69. The molecule has 6 rings (SSSR count). The molecular formula is C50H74N8O10. The fourth-order valence-electron chi connectivity index (χ4n) is 10.4. The number of likely N-dealkylation sites (N-methyl/N-ethyl adjacent to an activating group) is 1. The lowest BCUT2D eigenvalue weighted by Crippen LogP contribution is -2.61. The molecule has 4 heterocycles. The summed E-state index contributed by atoms with van der Waals surface area (Å²) in [6.07, 6.45) is -1.04. The van der Waals surface area contributed by atoms with Gasteiger partial charge in [0.25, 0.3) is 5.91 Å². The van der Waals surface area contributed by atoms with Gasteiger partial charge in [-0.05, 0) is 111 Å². The summed E-state index contributed by atoms with van der Waals surface area (Å²) in [5.41, 5.74) is 6.29. The molecule has 3 fully saturated rings. The van der Waals surface area contributed by atoms with E-state index >= 15 is 0 Å². The van der Waals surface area contributed by atoms with Crippen LogP contribution in [-0.4, -0.2) is 155 Å². The summed E-state index contributed by atoms with van der Waals surface area (Å²) >= 11 is 0. The van der Waals surface area contributed by atoms with E-state index in [2.05, 4.69) is 27.9 Å². The molecule has 0 aliphatic carbocycles. The lowest BCUT2D eigenvalue weighted by atomic mass is 9.78. The molecule has 18 heteroatoms. The minimum atomic E-state index is -1.27. The van der Waals surface area contributed by atoms with Crippen LogP contribution < -0.4 is 16.4 Å². The van der Waals surface area contributed by atoms with Crippen LogP contribution in [0, 0.1) is 17.8 Å². The van der Waals surface area contributed by atoms with Gasteiger partial charge in [-0.3, -0.25) is 24.0 Å². The zero-order chi connectivity index (χ0) is 49.5. The molecule has 3 aromatic rings. The number of aryl methyl sites for hydroxylation is 1. The third-order valence-electron chi connectivity index (χ3n) is 14.2. The molecule has 0 bridgehead atoms. The van der Waals surface area contributed by atoms with E-state index < -0.39 is 83.7 Å². The van der Waals surface area contributed by atoms with Crippen molar-refractivity contribution in [2.45, 2.75) is 147 Å². The molecule has 2 amide bonds. The van der Waals surface area contributed by atoms with Crippen LogP contribution in [0.15, 0.2) is 60.8 Å². The van der Waals surface area contributed by atoms with Crippen LogP contribution in [-0.2, 0) is 39.8 Å². The Morgan fingerprint density at radius 2 is 1.76 bits per heavy atom. The summed E-state index contributed by atoms with van der Waals surface area (Å²) in [6.45, 7) is 14.4. The van der Waals surface area contributed by atoms with Gasteiger partial charge in [-0.2, -0.15) is 0 Å². The number of hydrogen-bond donors (Lipinski definition) is 4. The summed E-state index contributed by atoms with van der Waals surface area (Å²) in [6, 6.07) is 15.0. The quantitative estimate of drug-likeness (QED) is 0.0745. The Balaban J connectivity index is 1.21. The number of nitrogens with zero attached hydrogens (tertiary/aromatic N) is 5. The molecule has 5 N–H and O–H groups in total. The van der Waals surface area contributed by atoms with Crippen LogP contribution in [0.4, 0.5) is 10.5 Å². The molecule has 2 aromatic carbocycles. The third kappa shape index (κ3) is 11.9. The monoisotopic (exact) mass is 947 g/mol. The Morgan fingerprint density at radius 1 is 1.04 bits per heavy atom. The molecule has 0 spiro atoms. The number of nitrogens with two attached hydrogens (primary N) is 1. The topological polar surface area (TPSA) is 222 Å². The second-order valence-corrected chi connectivity index (χ2v) is 19.7. The third-order valence-corrected chi connectivity index (χ3v) is 14.2. The second kappa shape index (κ2) is 22.6. The molecule has 3 unspecified atom stereocenters. The Morgan fingerprint density at radius 3 is 2.44 bits per heavy atom. The first-order valence-electron chi connectivity index (χ1n) is 24.1. The summed E-state index contributed by atoms with van der Waals surface area (Å²) in [7, 11) is 5.27. The van der Waals surface area contributed by atoms with Gasteiger partial charge in [0.15, 0.2) is 17.7 Å². The number of nitrogens with one attached hydrogen (secondary N) is 2. The first kappa shape index (κ1) is 52.4. The molecule has 3 aliphatic rings. The Labute approximate surface area is 400 Å². The van der Waals surface area contributed by atoms with Crippen molar-refractivity contribution in [1.29, 1.82) is 0 Å². The molecule has 374 valence electrons. The van der Waals surface area contributed by atoms with Crippen molar-refractivity contribution in [2.24, 2.45) is 17.8 Å². The number of amides is 2. The van der Waals surface area contributed by atoms with Gasteiger partial charge in [0.2, 0.25) is 0 Å². The Hall–Kier alpha value is -4.98. The number of methoxy groups -OCH3 is 1. The number of ketones is 1. The number of carbonyl (C=O) groups is 4. The standard InChI is InChI=1S/C50H74N8O10/c1-11-40-50(7)43(58(48(63)68-50)23-16-15-22-57-29-38(54-55-57)35-20-17-21-36(51)24-35)33(5)52-27-30(2)26-49(6,64-10)44(31(3)41(59)32(4)46(62)66-40)67-47-42(60)39(56(8)9)25-37(65-47)28-53-45(61)34-18-13-12-14-19-34/h12-14,17-21,24,29-33,37,39-40,42-44,47,52,60H,11,15-16,22-23,25-28,51H2,1-10H3,(H,53,61)/t30-,31+,32-,33-,37?,39?,40-,42?,43-,44-,47+,49-,50-/m1/s1. The highest BCUT2D eigenvalue weighted by Gasteiger charge is 2.59. The van der Waals surface area contributed by atoms with Gasteiger partial charge >= 0.3 is 12.1 Å². The lowest BCUT2D eigenvalue weighted by Gasteiger charge is -2.47. The number of nitrogen functional groups attached to an aromatic ring is 1. The van der Waals surface area contributed by atoms with Crippen molar-refractivity contribution in [1.82, 2.24) is 35.4 Å². The average molecular weight is 947 g/mol. The van der Waals surface area contributed by atoms with E-state index in [1.165, 1.54) is 6.92 Å². The first-order valence-corrected chi connectivity index (χ1v) is 24.1. The number of ether oxygens (including phenoxy) is 5. The highest BCUT2D eigenvalue weighted by molar-refractivity contribution is 6.00. The van der Waals surface area contributed by atoms with Crippen LogP contribution in [0.2, 0.25) is 0 Å². The van der Waals surface area contributed by atoms with E-state index in [4.69, 9.17) is 29.4 Å². The van der Waals surface area contributed by atoms with Crippen molar-refractivity contribution in [2.75, 3.05) is 46.6 Å². The van der Waals surface area contributed by atoms with Gasteiger partial charge in [0, 0.05) is 61.6 Å². The normalized spacial score (nSPS) is 33.0. The SMILES string of the molecule is CC[C@H]1OC(=O)[C@H](C)C(=O)[C@H](C)[C@@H](O[C@@H]2OC(CNC(=O)c3ccccc3)CC(N(C)C)C2O)[C@](C)(OC)C[C@@H](C)CN[C@H](C)[C@H]2N(CCCCn3cc(-c4cccc(N)c4)nn3)C(=O)O[C@]12C. The molecule has 3 saturated heterocycles. The van der Waals surface area contributed by atoms with Crippen LogP contribution in [0.3, 0.4) is 0 Å². The number of esters is 1. The van der Waals surface area contributed by atoms with Crippen molar-refractivity contribution in [3.8, 4) is 11.3 Å². The molecule has 0 saturated carbocycles. The minimum Gasteiger partial charge on any atom is -0.458 e. The van der Waals surface area contributed by atoms with E-state index in [-0.39, 0.29) is 24.4 Å². The fraction of sp³-hybridized carbons (Fsp3) is 0.640. The van der Waals surface area contributed by atoms with E-state index in [0.29, 0.717) is 68.7 Å². The van der Waals surface area contributed by atoms with E-state index in [9.17, 15) is 24.3 Å². The number of fused-ring (bicyclic) bond motifs is 1. The van der Waals surface area contributed by atoms with Crippen LogP contribution in [0.5, 0.6) is 0 Å². The Bertz CT molecular complexity index is 2180. The zero-order valence-corrected chi connectivity index (χ0v) is 41.4. The lowest BCUT2D eigenvalue weighted by molar-refractivity contribution is -0.296. The summed E-state index contributed by atoms with van der Waals surface area (Å²) in [5, 5.41) is 27.1. The van der Waals surface area contributed by atoms with Crippen molar-refractivity contribution in [3.05, 3.63) is 66.4 Å². The second-order valence-electron chi connectivity index (χ2n) is 19.7. The van der Waals surface area contributed by atoms with Gasteiger partial charge in [0.1, 0.15) is 23.8 Å². The van der Waals surface area contributed by atoms with Gasteiger partial charge in [-0.25, -0.2) is 4.79 Å². The number of anilines is 1. The molecule has 13 atom stereocenters. The van der Waals surface area contributed by atoms with Crippen LogP contribution in [0.25, 0.3) is 11.3 Å². The fourth-order valence-corrected chi connectivity index (χ4v) is 10.4. The van der Waals surface area contributed by atoms with E-state index in [1.54, 1.807) is 47.9 Å². The highest BCUT2D eigenvalue weighted by atomic mass is 16.7. The molecule has 18 nitrogen and oxygen atoms in total. The number of hydrogen-bond acceptors (Lipinski definition) is 15. The maximum absolute atomic E-state index is 14.6.